The van der Waals surface area contributed by atoms with Crippen LogP contribution in [0.3, 0.4) is 0 Å². The minimum absolute atomic E-state index is 0.679. The maximum atomic E-state index is 6.07. The van der Waals surface area contributed by atoms with Gasteiger partial charge in [-0.15, -0.1) is 0 Å². The van der Waals surface area contributed by atoms with Gasteiger partial charge in [0.25, 0.3) is 0 Å². The fraction of sp³-hybridized carbons (Fsp3) is 0. The summed E-state index contributed by atoms with van der Waals surface area (Å²) in [5.41, 5.74) is 0. The lowest BCUT2D eigenvalue weighted by Gasteiger charge is -2.18. The van der Waals surface area contributed by atoms with Crippen LogP contribution in [0.5, 0.6) is 17.2 Å². The molecular formula is C18H12AlBr3O3. The van der Waals surface area contributed by atoms with E-state index in [1.165, 1.54) is 0 Å². The minimum Gasteiger partial charge on any atom is -0.576 e. The van der Waals surface area contributed by atoms with Crippen LogP contribution in [0.1, 0.15) is 0 Å². The molecule has 0 aliphatic carbocycles. The van der Waals surface area contributed by atoms with Crippen molar-refractivity contribution < 1.29 is 11.4 Å². The maximum absolute atomic E-state index is 6.07. The largest absolute Gasteiger partial charge is 1.20 e. The summed E-state index contributed by atoms with van der Waals surface area (Å²) in [4.78, 5) is 0. The van der Waals surface area contributed by atoms with Crippen LogP contribution in [0.4, 0.5) is 0 Å². The second-order valence-corrected chi connectivity index (χ2v) is 8.78. The van der Waals surface area contributed by atoms with Crippen LogP contribution in [0.25, 0.3) is 0 Å². The summed E-state index contributed by atoms with van der Waals surface area (Å²) in [7, 11) is 0. The van der Waals surface area contributed by atoms with E-state index in [-0.39, 0.29) is 0 Å². The van der Waals surface area contributed by atoms with Crippen molar-refractivity contribution in [2.45, 2.75) is 0 Å². The average molecular weight is 543 g/mol. The lowest BCUT2D eigenvalue weighted by Crippen LogP contribution is -2.37. The van der Waals surface area contributed by atoms with Gasteiger partial charge in [0, 0.05) is 0 Å². The number of hydrogen-bond donors (Lipinski definition) is 0. The Hall–Kier alpha value is -0.968. The molecule has 0 bridgehead atoms. The molecule has 0 N–H and O–H groups in total. The Morgan fingerprint density at radius 3 is 1.04 bits per heavy atom. The Morgan fingerprint density at radius 1 is 0.480 bits per heavy atom. The minimum atomic E-state index is -2.59. The number of halogens is 3. The first-order valence-corrected chi connectivity index (χ1v) is 11.2. The first kappa shape index (κ1) is 18.8. The highest BCUT2D eigenvalue weighted by molar-refractivity contribution is 9.11. The molecule has 0 fully saturated rings. The van der Waals surface area contributed by atoms with Crippen LogP contribution in [0, 0.1) is 0 Å². The number of para-hydroxylation sites is 3. The van der Waals surface area contributed by atoms with Gasteiger partial charge in [0.15, 0.2) is 0 Å². The standard InChI is InChI=1S/3C6H5BrO.Al/c3*7-5-3-1-2-4-6(5)8;/h3*1-4,8H;/q;;;+3/p-3. The average Bonchev–Trinajstić information content (AvgIpc) is 2.61. The van der Waals surface area contributed by atoms with Gasteiger partial charge >= 0.3 is 15.1 Å². The summed E-state index contributed by atoms with van der Waals surface area (Å²) in [6, 6.07) is 22.9. The van der Waals surface area contributed by atoms with Gasteiger partial charge in [-0.05, 0) is 84.2 Å². The fourth-order valence-electron chi connectivity index (χ4n) is 2.00. The van der Waals surface area contributed by atoms with Gasteiger partial charge in [-0.3, -0.25) is 0 Å². The van der Waals surface area contributed by atoms with Crippen molar-refractivity contribution >= 4 is 62.9 Å². The molecule has 3 nitrogen and oxygen atoms in total. The molecule has 3 rings (SSSR count). The molecule has 0 unspecified atom stereocenters. The van der Waals surface area contributed by atoms with Crippen LogP contribution in [0.15, 0.2) is 86.2 Å². The van der Waals surface area contributed by atoms with Crippen molar-refractivity contribution in [3.8, 4) is 17.2 Å². The van der Waals surface area contributed by atoms with Crippen molar-refractivity contribution in [1.29, 1.82) is 0 Å². The summed E-state index contributed by atoms with van der Waals surface area (Å²) in [5.74, 6) is 2.04. The Labute approximate surface area is 176 Å². The molecule has 7 heteroatoms. The van der Waals surface area contributed by atoms with Crippen LogP contribution < -0.4 is 11.4 Å². The quantitative estimate of drug-likeness (QED) is 0.333. The van der Waals surface area contributed by atoms with Crippen molar-refractivity contribution in [2.75, 3.05) is 0 Å². The zero-order chi connectivity index (χ0) is 17.6. The molecule has 25 heavy (non-hydrogen) atoms. The predicted molar refractivity (Wildman–Crippen MR) is 110 cm³/mol. The third-order valence-electron chi connectivity index (χ3n) is 3.18. The normalized spacial score (nSPS) is 10.2. The second-order valence-electron chi connectivity index (χ2n) is 4.93. The van der Waals surface area contributed by atoms with E-state index in [9.17, 15) is 0 Å². The smallest absolute Gasteiger partial charge is 0.576 e. The van der Waals surface area contributed by atoms with Gasteiger partial charge in [0.1, 0.15) is 0 Å². The number of hydrogen-bond acceptors (Lipinski definition) is 3. The zero-order valence-electron chi connectivity index (χ0n) is 12.9. The van der Waals surface area contributed by atoms with Gasteiger partial charge in [0.2, 0.25) is 0 Å². The molecule has 126 valence electrons. The number of rotatable bonds is 6. The van der Waals surface area contributed by atoms with Crippen LogP contribution >= 0.6 is 47.8 Å². The molecule has 0 heterocycles. The lowest BCUT2D eigenvalue weighted by molar-refractivity contribution is 0.305. The van der Waals surface area contributed by atoms with Gasteiger partial charge in [-0.1, -0.05) is 36.4 Å². The van der Waals surface area contributed by atoms with Gasteiger partial charge in [-0.2, -0.15) is 0 Å². The van der Waals surface area contributed by atoms with Gasteiger partial charge in [-0.25, -0.2) is 0 Å². The van der Waals surface area contributed by atoms with Crippen molar-refractivity contribution in [3.05, 3.63) is 86.2 Å². The molecule has 0 aliphatic heterocycles. The molecule has 3 aromatic rings. The van der Waals surface area contributed by atoms with Gasteiger partial charge in [0.05, 0.1) is 30.7 Å². The first-order valence-electron chi connectivity index (χ1n) is 7.37. The van der Waals surface area contributed by atoms with Gasteiger partial charge < -0.3 is 11.4 Å². The summed E-state index contributed by atoms with van der Waals surface area (Å²) >= 11 is 7.89. The third kappa shape index (κ3) is 5.26. The van der Waals surface area contributed by atoms with E-state index in [4.69, 9.17) is 11.4 Å². The van der Waals surface area contributed by atoms with Crippen LogP contribution in [-0.4, -0.2) is 15.1 Å². The highest BCUT2D eigenvalue weighted by Crippen LogP contribution is 2.30. The Morgan fingerprint density at radius 2 is 0.760 bits per heavy atom. The monoisotopic (exact) mass is 540 g/mol. The Balaban J connectivity index is 1.86. The highest BCUT2D eigenvalue weighted by atomic mass is 79.9. The van der Waals surface area contributed by atoms with Crippen molar-refractivity contribution in [3.63, 3.8) is 0 Å². The maximum Gasteiger partial charge on any atom is 1.20 e. The van der Waals surface area contributed by atoms with Crippen molar-refractivity contribution in [1.82, 2.24) is 0 Å². The molecule has 0 saturated carbocycles. The fourth-order valence-corrected chi connectivity index (χ4v) is 5.04. The van der Waals surface area contributed by atoms with E-state index in [0.29, 0.717) is 17.2 Å². The van der Waals surface area contributed by atoms with Crippen LogP contribution in [-0.2, 0) is 0 Å². The summed E-state index contributed by atoms with van der Waals surface area (Å²) in [6.07, 6.45) is 0. The van der Waals surface area contributed by atoms with E-state index < -0.39 is 15.1 Å². The molecule has 0 aliphatic rings. The van der Waals surface area contributed by atoms with E-state index in [1.54, 1.807) is 0 Å². The lowest BCUT2D eigenvalue weighted by atomic mass is 10.3. The Bertz CT molecular complexity index is 747. The molecule has 0 spiro atoms. The second kappa shape index (κ2) is 9.11. The molecule has 0 aromatic heterocycles. The molecule has 0 saturated heterocycles. The summed E-state index contributed by atoms with van der Waals surface area (Å²) in [6.45, 7) is 0. The van der Waals surface area contributed by atoms with Crippen LogP contribution in [0.2, 0.25) is 0 Å². The molecular weight excluding hydrogens is 531 g/mol. The predicted octanol–water partition coefficient (Wildman–Crippen LogP) is 6.50. The first-order chi connectivity index (χ1) is 12.1. The third-order valence-corrected chi connectivity index (χ3v) is 6.48. The SMILES string of the molecule is Brc1ccccc1[O][Al]([O]c1ccccc1Br)[O]c1ccccc1Br. The topological polar surface area (TPSA) is 27.7 Å². The van der Waals surface area contributed by atoms with Crippen molar-refractivity contribution in [2.24, 2.45) is 0 Å². The number of benzene rings is 3. The molecule has 0 amide bonds. The van der Waals surface area contributed by atoms with E-state index in [1.807, 2.05) is 72.8 Å². The Kier molecular flexibility index (Phi) is 6.86. The summed E-state index contributed by atoms with van der Waals surface area (Å²) < 4.78 is 20.7. The molecule has 0 radical (unpaired) electrons. The molecule has 3 aromatic carbocycles. The van der Waals surface area contributed by atoms with E-state index >= 15 is 0 Å². The van der Waals surface area contributed by atoms with E-state index in [0.717, 1.165) is 13.4 Å². The summed E-state index contributed by atoms with van der Waals surface area (Å²) in [5, 5.41) is 0. The highest BCUT2D eigenvalue weighted by Gasteiger charge is 2.45. The zero-order valence-corrected chi connectivity index (χ0v) is 18.8. The molecule has 0 atom stereocenters. The van der Waals surface area contributed by atoms with E-state index in [2.05, 4.69) is 47.8 Å².